The topological polar surface area (TPSA) is 80.3 Å². The molecule has 0 unspecified atom stereocenters. The van der Waals surface area contributed by atoms with Crippen molar-refractivity contribution in [2.45, 2.75) is 26.9 Å². The molecule has 0 saturated carbocycles. The van der Waals surface area contributed by atoms with Crippen molar-refractivity contribution in [2.75, 3.05) is 14.2 Å². The maximum absolute atomic E-state index is 12.8. The van der Waals surface area contributed by atoms with E-state index < -0.39 is 0 Å². The van der Waals surface area contributed by atoms with Crippen molar-refractivity contribution in [1.29, 1.82) is 0 Å². The molecule has 2 heterocycles. The highest BCUT2D eigenvalue weighted by Crippen LogP contribution is 2.34. The molecular formula is C20H23BrN4O4. The average Bonchev–Trinajstić information content (AvgIpc) is 3.03. The van der Waals surface area contributed by atoms with Crippen molar-refractivity contribution in [2.24, 2.45) is 7.05 Å². The van der Waals surface area contributed by atoms with Gasteiger partial charge in [0.05, 0.1) is 14.2 Å². The van der Waals surface area contributed by atoms with Gasteiger partial charge >= 0.3 is 5.69 Å². The first-order chi connectivity index (χ1) is 13.9. The van der Waals surface area contributed by atoms with E-state index in [1.54, 1.807) is 38.8 Å². The zero-order chi connectivity index (χ0) is 21.3. The number of halogens is 1. The summed E-state index contributed by atoms with van der Waals surface area (Å²) in [5, 5.41) is 0. The van der Waals surface area contributed by atoms with Gasteiger partial charge in [-0.05, 0) is 37.6 Å². The number of nitrogens with zero attached hydrogens (tertiary/aromatic N) is 4. The second-order valence-corrected chi connectivity index (χ2v) is 7.19. The third-order valence-electron chi connectivity index (χ3n) is 4.82. The van der Waals surface area contributed by atoms with E-state index in [2.05, 4.69) is 20.9 Å². The van der Waals surface area contributed by atoms with Gasteiger partial charge in [0.2, 0.25) is 0 Å². The fourth-order valence-corrected chi connectivity index (χ4v) is 3.71. The highest BCUT2D eigenvalue weighted by atomic mass is 79.9. The summed E-state index contributed by atoms with van der Waals surface area (Å²) < 4.78 is 15.9. The summed E-state index contributed by atoms with van der Waals surface area (Å²) in [4.78, 5) is 29.9. The lowest BCUT2D eigenvalue weighted by atomic mass is 10.2. The van der Waals surface area contributed by atoms with Crippen molar-refractivity contribution in [3.05, 3.63) is 48.8 Å². The van der Waals surface area contributed by atoms with Gasteiger partial charge in [-0.3, -0.25) is 13.9 Å². The monoisotopic (exact) mass is 462 g/mol. The Kier molecular flexibility index (Phi) is 5.97. The Labute approximate surface area is 176 Å². The van der Waals surface area contributed by atoms with E-state index in [1.807, 2.05) is 25.1 Å². The fourth-order valence-electron chi connectivity index (χ4n) is 3.25. The number of hydrogen-bond donors (Lipinski definition) is 0. The molecule has 154 valence electrons. The van der Waals surface area contributed by atoms with E-state index in [4.69, 9.17) is 9.47 Å². The number of aryl methyl sites for hydroxylation is 2. The summed E-state index contributed by atoms with van der Waals surface area (Å²) in [6, 6.07) is 3.66. The molecule has 0 aliphatic carbocycles. The molecule has 0 radical (unpaired) electrons. The van der Waals surface area contributed by atoms with Gasteiger partial charge in [-0.2, -0.15) is 0 Å². The van der Waals surface area contributed by atoms with Gasteiger partial charge in [0.15, 0.2) is 22.7 Å². The molecule has 8 nitrogen and oxygen atoms in total. The van der Waals surface area contributed by atoms with Crippen molar-refractivity contribution in [3.8, 4) is 11.5 Å². The SMILES string of the molecule is CCn1c(=O)c2c(nc(/C=C/c3cc(OC)c(OC)cc3Br)n2C)n(CC)c1=O. The minimum atomic E-state index is -0.344. The largest absolute Gasteiger partial charge is 0.493 e. The minimum Gasteiger partial charge on any atom is -0.493 e. The van der Waals surface area contributed by atoms with E-state index in [1.165, 1.54) is 9.13 Å². The van der Waals surface area contributed by atoms with Crippen LogP contribution in [0.3, 0.4) is 0 Å². The summed E-state index contributed by atoms with van der Waals surface area (Å²) in [7, 11) is 4.92. The lowest BCUT2D eigenvalue weighted by Crippen LogP contribution is -2.39. The highest BCUT2D eigenvalue weighted by Gasteiger charge is 2.18. The molecule has 0 aliphatic rings. The Morgan fingerprint density at radius 3 is 2.24 bits per heavy atom. The molecule has 0 N–H and O–H groups in total. The van der Waals surface area contributed by atoms with Crippen LogP contribution >= 0.6 is 15.9 Å². The predicted octanol–water partition coefficient (Wildman–Crippen LogP) is 2.89. The van der Waals surface area contributed by atoms with Crippen LogP contribution in [-0.4, -0.2) is 32.9 Å². The first-order valence-electron chi connectivity index (χ1n) is 9.17. The molecule has 0 fully saturated rings. The van der Waals surface area contributed by atoms with Crippen molar-refractivity contribution < 1.29 is 9.47 Å². The van der Waals surface area contributed by atoms with Crippen LogP contribution in [0.15, 0.2) is 26.2 Å². The van der Waals surface area contributed by atoms with E-state index in [0.717, 1.165) is 10.0 Å². The minimum absolute atomic E-state index is 0.308. The molecule has 9 heteroatoms. The molecule has 0 bridgehead atoms. The van der Waals surface area contributed by atoms with E-state index in [9.17, 15) is 9.59 Å². The molecular weight excluding hydrogens is 440 g/mol. The molecule has 0 amide bonds. The number of aromatic nitrogens is 4. The Morgan fingerprint density at radius 1 is 1.03 bits per heavy atom. The number of hydrogen-bond acceptors (Lipinski definition) is 5. The Bertz CT molecular complexity index is 1220. The third-order valence-corrected chi connectivity index (χ3v) is 5.51. The summed E-state index contributed by atoms with van der Waals surface area (Å²) in [6.45, 7) is 4.37. The van der Waals surface area contributed by atoms with Crippen LogP contribution in [0.1, 0.15) is 25.2 Å². The van der Waals surface area contributed by atoms with Crippen molar-refractivity contribution in [3.63, 3.8) is 0 Å². The van der Waals surface area contributed by atoms with Gasteiger partial charge in [-0.25, -0.2) is 9.78 Å². The van der Waals surface area contributed by atoms with Gasteiger partial charge < -0.3 is 14.0 Å². The van der Waals surface area contributed by atoms with Crippen LogP contribution in [0, 0.1) is 0 Å². The molecule has 0 spiro atoms. The first-order valence-corrected chi connectivity index (χ1v) is 9.96. The Morgan fingerprint density at radius 2 is 1.66 bits per heavy atom. The van der Waals surface area contributed by atoms with Gasteiger partial charge in [-0.15, -0.1) is 0 Å². The number of imidazole rings is 1. The number of ether oxygens (including phenoxy) is 2. The van der Waals surface area contributed by atoms with Gasteiger partial charge in [0.25, 0.3) is 5.56 Å². The van der Waals surface area contributed by atoms with Crippen LogP contribution in [0.5, 0.6) is 11.5 Å². The Balaban J connectivity index is 2.18. The normalized spacial score (nSPS) is 11.5. The molecule has 0 saturated heterocycles. The summed E-state index contributed by atoms with van der Waals surface area (Å²) >= 11 is 3.53. The second kappa shape index (κ2) is 8.28. The van der Waals surface area contributed by atoms with Gasteiger partial charge in [0, 0.05) is 24.6 Å². The number of benzene rings is 1. The molecule has 0 aliphatic heterocycles. The molecule has 29 heavy (non-hydrogen) atoms. The summed E-state index contributed by atoms with van der Waals surface area (Å²) in [5.41, 5.74) is 0.969. The van der Waals surface area contributed by atoms with Crippen LogP contribution in [0.4, 0.5) is 0 Å². The lowest BCUT2D eigenvalue weighted by Gasteiger charge is -2.09. The van der Waals surface area contributed by atoms with Crippen LogP contribution < -0.4 is 20.7 Å². The zero-order valence-electron chi connectivity index (χ0n) is 17.0. The smallest absolute Gasteiger partial charge is 0.332 e. The van der Waals surface area contributed by atoms with Crippen LogP contribution in [0.2, 0.25) is 0 Å². The molecule has 3 aromatic rings. The van der Waals surface area contributed by atoms with E-state index >= 15 is 0 Å². The molecule has 1 aromatic carbocycles. The standard InChI is InChI=1S/C20H23BrN4O4/c1-6-24-18-17(19(26)25(7-2)20(24)27)23(3)16(22-18)9-8-12-10-14(28-4)15(29-5)11-13(12)21/h8-11H,6-7H2,1-5H3/b9-8+. The van der Waals surface area contributed by atoms with Gasteiger partial charge in [0.1, 0.15) is 5.82 Å². The highest BCUT2D eigenvalue weighted by molar-refractivity contribution is 9.10. The second-order valence-electron chi connectivity index (χ2n) is 6.34. The van der Waals surface area contributed by atoms with E-state index in [-0.39, 0.29) is 11.2 Å². The lowest BCUT2D eigenvalue weighted by molar-refractivity contribution is 0.354. The predicted molar refractivity (Wildman–Crippen MR) is 117 cm³/mol. The number of rotatable bonds is 6. The maximum Gasteiger partial charge on any atom is 0.332 e. The fraction of sp³-hybridized carbons (Fsp3) is 0.350. The third kappa shape index (κ3) is 3.50. The molecule has 0 atom stereocenters. The van der Waals surface area contributed by atoms with Crippen LogP contribution in [-0.2, 0) is 20.1 Å². The first kappa shape index (κ1) is 20.9. The number of methoxy groups -OCH3 is 2. The summed E-state index contributed by atoms with van der Waals surface area (Å²) in [5.74, 6) is 1.78. The summed E-state index contributed by atoms with van der Waals surface area (Å²) in [6.07, 6.45) is 3.66. The van der Waals surface area contributed by atoms with Gasteiger partial charge in [-0.1, -0.05) is 22.0 Å². The molecule has 3 rings (SSSR count). The van der Waals surface area contributed by atoms with Crippen molar-refractivity contribution in [1.82, 2.24) is 18.7 Å². The quantitative estimate of drug-likeness (QED) is 0.562. The number of fused-ring (bicyclic) bond motifs is 1. The van der Waals surface area contributed by atoms with Crippen LogP contribution in [0.25, 0.3) is 23.3 Å². The average molecular weight is 463 g/mol. The Hall–Kier alpha value is -2.81. The molecule has 2 aromatic heterocycles. The van der Waals surface area contributed by atoms with Crippen molar-refractivity contribution >= 4 is 39.2 Å². The zero-order valence-corrected chi connectivity index (χ0v) is 18.6. The maximum atomic E-state index is 12.8. The van der Waals surface area contributed by atoms with E-state index in [0.29, 0.717) is 41.6 Å².